The third-order valence-corrected chi connectivity index (χ3v) is 4.09. The lowest BCUT2D eigenvalue weighted by atomic mass is 10.2. The van der Waals surface area contributed by atoms with Crippen molar-refractivity contribution in [2.45, 2.75) is 19.9 Å². The highest BCUT2D eigenvalue weighted by molar-refractivity contribution is 9.10. The Morgan fingerprint density at radius 1 is 1.50 bits per heavy atom. The van der Waals surface area contributed by atoms with Gasteiger partial charge in [0.05, 0.1) is 10.2 Å². The summed E-state index contributed by atoms with van der Waals surface area (Å²) in [7, 11) is 1.69. The second kappa shape index (κ2) is 6.81. The highest BCUT2D eigenvalue weighted by atomic mass is 79.9. The van der Waals surface area contributed by atoms with Gasteiger partial charge in [-0.2, -0.15) is 0 Å². The molecule has 0 radical (unpaired) electrons. The summed E-state index contributed by atoms with van der Waals surface area (Å²) in [6.07, 6.45) is 5.33. The minimum atomic E-state index is 0.693. The highest BCUT2D eigenvalue weighted by Crippen LogP contribution is 2.34. The number of carbonyl (C=O) groups excluding carboxylic acids is 1. The number of carbonyl (C=O) groups is 1. The molecule has 0 saturated heterocycles. The van der Waals surface area contributed by atoms with Gasteiger partial charge in [0.1, 0.15) is 0 Å². The molecular weight excluding hydrogens is 320 g/mol. The zero-order chi connectivity index (χ0) is 14.5. The van der Waals surface area contributed by atoms with Gasteiger partial charge in [-0.05, 0) is 41.4 Å². The molecule has 0 fully saturated rings. The zero-order valence-corrected chi connectivity index (χ0v) is 13.2. The molecule has 4 nitrogen and oxygen atoms in total. The molecule has 2 rings (SSSR count). The normalized spacial score (nSPS) is 10.8. The SMILES string of the molecule is COCCCn1c(C)c(C=O)c(Br)c1-c1cccnc1. The molecule has 2 heterocycles. The average Bonchev–Trinajstić information content (AvgIpc) is 2.71. The van der Waals surface area contributed by atoms with Crippen molar-refractivity contribution < 1.29 is 9.53 Å². The predicted molar refractivity (Wildman–Crippen MR) is 82.0 cm³/mol. The Kier molecular flexibility index (Phi) is 5.09. The van der Waals surface area contributed by atoms with E-state index in [0.29, 0.717) is 12.2 Å². The molecule has 0 unspecified atom stereocenters. The van der Waals surface area contributed by atoms with E-state index in [1.807, 2.05) is 19.1 Å². The van der Waals surface area contributed by atoms with Crippen LogP contribution < -0.4 is 0 Å². The number of aromatic nitrogens is 2. The Morgan fingerprint density at radius 3 is 2.90 bits per heavy atom. The first kappa shape index (κ1) is 14.9. The Labute approximate surface area is 126 Å². The van der Waals surface area contributed by atoms with Gasteiger partial charge in [0.25, 0.3) is 0 Å². The van der Waals surface area contributed by atoms with E-state index < -0.39 is 0 Å². The average molecular weight is 337 g/mol. The van der Waals surface area contributed by atoms with E-state index in [4.69, 9.17) is 4.74 Å². The van der Waals surface area contributed by atoms with Crippen molar-refractivity contribution in [3.63, 3.8) is 0 Å². The van der Waals surface area contributed by atoms with E-state index >= 15 is 0 Å². The van der Waals surface area contributed by atoms with E-state index in [-0.39, 0.29) is 0 Å². The Hall–Kier alpha value is -1.46. The summed E-state index contributed by atoms with van der Waals surface area (Å²) in [5, 5.41) is 0. The number of pyridine rings is 1. The third kappa shape index (κ3) is 2.83. The maximum absolute atomic E-state index is 11.3. The van der Waals surface area contributed by atoms with Crippen LogP contribution in [0.2, 0.25) is 0 Å². The third-order valence-electron chi connectivity index (χ3n) is 3.29. The van der Waals surface area contributed by atoms with Crippen LogP contribution in [0.15, 0.2) is 29.0 Å². The molecule has 0 atom stereocenters. The molecule has 0 aliphatic carbocycles. The minimum Gasteiger partial charge on any atom is -0.385 e. The quantitative estimate of drug-likeness (QED) is 0.599. The fourth-order valence-electron chi connectivity index (χ4n) is 2.29. The molecule has 5 heteroatoms. The second-order valence-corrected chi connectivity index (χ2v) is 5.31. The van der Waals surface area contributed by atoms with Crippen molar-refractivity contribution in [2.75, 3.05) is 13.7 Å². The summed E-state index contributed by atoms with van der Waals surface area (Å²) >= 11 is 3.55. The van der Waals surface area contributed by atoms with Gasteiger partial charge < -0.3 is 9.30 Å². The van der Waals surface area contributed by atoms with Gasteiger partial charge in [0.15, 0.2) is 6.29 Å². The maximum atomic E-state index is 11.3. The molecule has 2 aromatic heterocycles. The summed E-state index contributed by atoms with van der Waals surface area (Å²) in [5.74, 6) is 0. The lowest BCUT2D eigenvalue weighted by Crippen LogP contribution is -2.05. The molecule has 2 aromatic rings. The number of rotatable bonds is 6. The van der Waals surface area contributed by atoms with Crippen molar-refractivity contribution >= 4 is 22.2 Å². The van der Waals surface area contributed by atoms with Crippen LogP contribution >= 0.6 is 15.9 Å². The van der Waals surface area contributed by atoms with Crippen LogP contribution in [0.25, 0.3) is 11.3 Å². The Bertz CT molecular complexity index is 594. The Balaban J connectivity index is 2.50. The number of halogens is 1. The molecule has 0 aliphatic heterocycles. The largest absolute Gasteiger partial charge is 0.385 e. The van der Waals surface area contributed by atoms with Gasteiger partial charge in [-0.15, -0.1) is 0 Å². The first-order valence-corrected chi connectivity index (χ1v) is 7.23. The molecule has 0 spiro atoms. The van der Waals surface area contributed by atoms with E-state index in [1.54, 1.807) is 19.5 Å². The molecule has 0 amide bonds. The van der Waals surface area contributed by atoms with E-state index in [1.165, 1.54) is 0 Å². The number of hydrogen-bond donors (Lipinski definition) is 0. The van der Waals surface area contributed by atoms with Crippen LogP contribution in [0.3, 0.4) is 0 Å². The summed E-state index contributed by atoms with van der Waals surface area (Å²) in [4.78, 5) is 15.4. The first-order valence-electron chi connectivity index (χ1n) is 6.43. The van der Waals surface area contributed by atoms with Crippen LogP contribution in [0.4, 0.5) is 0 Å². The summed E-state index contributed by atoms with van der Waals surface area (Å²) in [6, 6.07) is 3.89. The van der Waals surface area contributed by atoms with Gasteiger partial charge in [0.2, 0.25) is 0 Å². The van der Waals surface area contributed by atoms with E-state index in [2.05, 4.69) is 25.5 Å². The van der Waals surface area contributed by atoms with Gasteiger partial charge >= 0.3 is 0 Å². The van der Waals surface area contributed by atoms with Crippen molar-refractivity contribution in [1.82, 2.24) is 9.55 Å². The molecule has 0 saturated carbocycles. The molecule has 106 valence electrons. The smallest absolute Gasteiger partial charge is 0.153 e. The fraction of sp³-hybridized carbons (Fsp3) is 0.333. The highest BCUT2D eigenvalue weighted by Gasteiger charge is 2.19. The van der Waals surface area contributed by atoms with Gasteiger partial charge in [-0.3, -0.25) is 9.78 Å². The minimum absolute atomic E-state index is 0.693. The molecule has 0 bridgehead atoms. The van der Waals surface area contributed by atoms with E-state index in [9.17, 15) is 4.79 Å². The standard InChI is InChI=1S/C15H17BrN2O2/c1-11-13(10-19)14(16)15(12-5-3-6-17-9-12)18(11)7-4-8-20-2/h3,5-6,9-10H,4,7-8H2,1-2H3. The predicted octanol–water partition coefficient (Wildman–Crippen LogP) is 3.47. The van der Waals surface area contributed by atoms with Crippen LogP contribution in [-0.4, -0.2) is 29.6 Å². The number of aldehydes is 1. The van der Waals surface area contributed by atoms with Gasteiger partial charge in [-0.1, -0.05) is 0 Å². The number of ether oxygens (including phenoxy) is 1. The molecule has 0 aliphatic rings. The Morgan fingerprint density at radius 2 is 2.30 bits per heavy atom. The van der Waals surface area contributed by atoms with Crippen LogP contribution in [0.5, 0.6) is 0 Å². The fourth-order valence-corrected chi connectivity index (χ4v) is 3.11. The summed E-state index contributed by atoms with van der Waals surface area (Å²) in [5.41, 5.74) is 3.64. The number of nitrogens with zero attached hydrogens (tertiary/aromatic N) is 2. The van der Waals surface area contributed by atoms with Crippen molar-refractivity contribution in [2.24, 2.45) is 0 Å². The van der Waals surface area contributed by atoms with Gasteiger partial charge in [0, 0.05) is 49.5 Å². The van der Waals surface area contributed by atoms with Crippen molar-refractivity contribution in [3.05, 3.63) is 40.3 Å². The van der Waals surface area contributed by atoms with Crippen LogP contribution in [-0.2, 0) is 11.3 Å². The lowest BCUT2D eigenvalue weighted by Gasteiger charge is -2.11. The molecule has 0 N–H and O–H groups in total. The number of hydrogen-bond acceptors (Lipinski definition) is 3. The van der Waals surface area contributed by atoms with E-state index in [0.717, 1.165) is 40.7 Å². The van der Waals surface area contributed by atoms with Crippen LogP contribution in [0, 0.1) is 6.92 Å². The van der Waals surface area contributed by atoms with Crippen molar-refractivity contribution in [1.29, 1.82) is 0 Å². The second-order valence-electron chi connectivity index (χ2n) is 4.52. The van der Waals surface area contributed by atoms with Crippen LogP contribution in [0.1, 0.15) is 22.5 Å². The summed E-state index contributed by atoms with van der Waals surface area (Å²) < 4.78 is 8.08. The lowest BCUT2D eigenvalue weighted by molar-refractivity contribution is 0.112. The van der Waals surface area contributed by atoms with Gasteiger partial charge in [-0.25, -0.2) is 0 Å². The topological polar surface area (TPSA) is 44.1 Å². The monoisotopic (exact) mass is 336 g/mol. The zero-order valence-electron chi connectivity index (χ0n) is 11.6. The number of methoxy groups -OCH3 is 1. The summed E-state index contributed by atoms with van der Waals surface area (Å²) in [6.45, 7) is 3.45. The molecular formula is C15H17BrN2O2. The molecule has 20 heavy (non-hydrogen) atoms. The molecule has 0 aromatic carbocycles. The maximum Gasteiger partial charge on any atom is 0.153 e. The first-order chi connectivity index (χ1) is 9.70. The van der Waals surface area contributed by atoms with Crippen molar-refractivity contribution in [3.8, 4) is 11.3 Å².